The van der Waals surface area contributed by atoms with Gasteiger partial charge in [0.1, 0.15) is 6.54 Å². The lowest BCUT2D eigenvalue weighted by molar-refractivity contribution is -0.165. The molecule has 2 N–H and O–H groups in total. The van der Waals surface area contributed by atoms with Crippen LogP contribution in [0.1, 0.15) is 32.6 Å². The monoisotopic (exact) mass is 252 g/mol. The van der Waals surface area contributed by atoms with E-state index >= 15 is 0 Å². The fraction of sp³-hybridized carbons (Fsp3) is 0.909. The molecule has 0 aromatic heterocycles. The van der Waals surface area contributed by atoms with E-state index in [0.29, 0.717) is 19.3 Å². The van der Waals surface area contributed by atoms with E-state index in [4.69, 9.17) is 5.73 Å². The highest BCUT2D eigenvalue weighted by Gasteiger charge is 2.41. The summed E-state index contributed by atoms with van der Waals surface area (Å²) in [7, 11) is 0. The van der Waals surface area contributed by atoms with E-state index in [1.54, 1.807) is 0 Å². The van der Waals surface area contributed by atoms with E-state index in [-0.39, 0.29) is 12.6 Å². The standard InChI is InChI=1S/C11H19F3N2O/c1-2-3-8(6-15)10(17)16(9-4-5-9)7-11(12,13)14/h8-9H,2-7,15H2,1H3. The number of alkyl halides is 3. The first-order valence-corrected chi connectivity index (χ1v) is 5.96. The van der Waals surface area contributed by atoms with Crippen molar-refractivity contribution >= 4 is 5.91 Å². The molecule has 1 rings (SSSR count). The van der Waals surface area contributed by atoms with Crippen LogP contribution in [0.3, 0.4) is 0 Å². The molecule has 1 fully saturated rings. The van der Waals surface area contributed by atoms with Gasteiger partial charge in [0.15, 0.2) is 0 Å². The maximum atomic E-state index is 12.4. The van der Waals surface area contributed by atoms with Gasteiger partial charge in [0.25, 0.3) is 0 Å². The van der Waals surface area contributed by atoms with E-state index in [9.17, 15) is 18.0 Å². The van der Waals surface area contributed by atoms with Crippen molar-refractivity contribution in [3.05, 3.63) is 0 Å². The Kier molecular flexibility index (Phi) is 4.80. The summed E-state index contributed by atoms with van der Waals surface area (Å²) in [5, 5.41) is 0. The van der Waals surface area contributed by atoms with Gasteiger partial charge in [0.2, 0.25) is 5.91 Å². The van der Waals surface area contributed by atoms with Crippen LogP contribution in [0.4, 0.5) is 13.2 Å². The maximum absolute atomic E-state index is 12.4. The summed E-state index contributed by atoms with van der Waals surface area (Å²) in [4.78, 5) is 12.9. The normalized spacial score (nSPS) is 17.9. The molecule has 6 heteroatoms. The first-order valence-electron chi connectivity index (χ1n) is 5.96. The molecule has 1 unspecified atom stereocenters. The zero-order valence-electron chi connectivity index (χ0n) is 9.96. The molecule has 0 bridgehead atoms. The Labute approximate surface area is 99.1 Å². The third kappa shape index (κ3) is 4.53. The Morgan fingerprint density at radius 3 is 2.41 bits per heavy atom. The molecule has 17 heavy (non-hydrogen) atoms. The Morgan fingerprint density at radius 1 is 1.47 bits per heavy atom. The number of carbonyl (C=O) groups is 1. The predicted octanol–water partition coefficient (Wildman–Crippen LogP) is 1.91. The van der Waals surface area contributed by atoms with Gasteiger partial charge < -0.3 is 10.6 Å². The highest BCUT2D eigenvalue weighted by molar-refractivity contribution is 5.79. The summed E-state index contributed by atoms with van der Waals surface area (Å²) in [5.74, 6) is -0.905. The SMILES string of the molecule is CCCC(CN)C(=O)N(CC(F)(F)F)C1CC1. The molecule has 0 saturated heterocycles. The summed E-state index contributed by atoms with van der Waals surface area (Å²) >= 11 is 0. The third-order valence-electron chi connectivity index (χ3n) is 2.89. The van der Waals surface area contributed by atoms with Crippen molar-refractivity contribution in [2.75, 3.05) is 13.1 Å². The second kappa shape index (κ2) is 5.71. The van der Waals surface area contributed by atoms with Gasteiger partial charge >= 0.3 is 6.18 Å². The summed E-state index contributed by atoms with van der Waals surface area (Å²) in [6.07, 6.45) is -1.69. The molecule has 1 saturated carbocycles. The largest absolute Gasteiger partial charge is 0.406 e. The average Bonchev–Trinajstić information content (AvgIpc) is 3.04. The van der Waals surface area contributed by atoms with E-state index in [1.165, 1.54) is 0 Å². The second-order valence-electron chi connectivity index (χ2n) is 4.53. The number of carbonyl (C=O) groups excluding carboxylic acids is 1. The number of amides is 1. The van der Waals surface area contributed by atoms with Crippen molar-refractivity contribution < 1.29 is 18.0 Å². The van der Waals surface area contributed by atoms with Gasteiger partial charge in [-0.15, -0.1) is 0 Å². The molecule has 1 aliphatic rings. The molecule has 0 aliphatic heterocycles. The van der Waals surface area contributed by atoms with Crippen LogP contribution in [-0.4, -0.2) is 36.1 Å². The molecule has 0 spiro atoms. The molecule has 100 valence electrons. The number of nitrogens with zero attached hydrogens (tertiary/aromatic N) is 1. The first-order chi connectivity index (χ1) is 7.89. The highest BCUT2D eigenvalue weighted by Crippen LogP contribution is 2.31. The molecule has 3 nitrogen and oxygen atoms in total. The number of nitrogens with two attached hydrogens (primary N) is 1. The number of rotatable bonds is 6. The minimum absolute atomic E-state index is 0.119. The molecule has 1 atom stereocenters. The highest BCUT2D eigenvalue weighted by atomic mass is 19.4. The summed E-state index contributed by atoms with van der Waals surface area (Å²) in [6, 6.07) is -0.227. The maximum Gasteiger partial charge on any atom is 0.406 e. The first kappa shape index (κ1) is 14.3. The van der Waals surface area contributed by atoms with Crippen molar-refractivity contribution in [2.45, 2.75) is 44.8 Å². The fourth-order valence-electron chi connectivity index (χ4n) is 1.89. The van der Waals surface area contributed by atoms with Gasteiger partial charge in [-0.05, 0) is 19.3 Å². The smallest absolute Gasteiger partial charge is 0.330 e. The molecule has 1 aliphatic carbocycles. The van der Waals surface area contributed by atoms with E-state index < -0.39 is 24.5 Å². The molecule has 0 heterocycles. The number of halogens is 3. The van der Waals surface area contributed by atoms with Gasteiger partial charge in [0, 0.05) is 12.6 Å². The molecule has 0 aromatic carbocycles. The molecular formula is C11H19F3N2O. The van der Waals surface area contributed by atoms with Crippen molar-refractivity contribution in [3.63, 3.8) is 0 Å². The van der Waals surface area contributed by atoms with E-state index in [2.05, 4.69) is 0 Å². The van der Waals surface area contributed by atoms with E-state index in [0.717, 1.165) is 11.3 Å². The zero-order valence-corrected chi connectivity index (χ0v) is 9.96. The van der Waals surface area contributed by atoms with Crippen LogP contribution in [0.5, 0.6) is 0 Å². The fourth-order valence-corrected chi connectivity index (χ4v) is 1.89. The Bertz CT molecular complexity index is 264. The number of hydrogen-bond acceptors (Lipinski definition) is 2. The average molecular weight is 252 g/mol. The van der Waals surface area contributed by atoms with Crippen LogP contribution in [0.25, 0.3) is 0 Å². The van der Waals surface area contributed by atoms with Crippen LogP contribution in [0.2, 0.25) is 0 Å². The van der Waals surface area contributed by atoms with Crippen molar-refractivity contribution in [1.29, 1.82) is 0 Å². The van der Waals surface area contributed by atoms with Crippen LogP contribution in [-0.2, 0) is 4.79 Å². The summed E-state index contributed by atoms with van der Waals surface area (Å²) < 4.78 is 37.1. The van der Waals surface area contributed by atoms with Gasteiger partial charge in [-0.3, -0.25) is 4.79 Å². The van der Waals surface area contributed by atoms with Gasteiger partial charge in [-0.25, -0.2) is 0 Å². The molecular weight excluding hydrogens is 233 g/mol. The zero-order chi connectivity index (χ0) is 13.1. The van der Waals surface area contributed by atoms with E-state index in [1.807, 2.05) is 6.92 Å². The molecule has 0 radical (unpaired) electrons. The minimum Gasteiger partial charge on any atom is -0.330 e. The Morgan fingerprint density at radius 2 is 2.06 bits per heavy atom. The van der Waals surface area contributed by atoms with Gasteiger partial charge in [-0.1, -0.05) is 13.3 Å². The lowest BCUT2D eigenvalue weighted by atomic mass is 10.0. The molecule has 0 aromatic rings. The predicted molar refractivity (Wildman–Crippen MR) is 58.2 cm³/mol. The lowest BCUT2D eigenvalue weighted by Crippen LogP contribution is -2.45. The minimum atomic E-state index is -4.33. The summed E-state index contributed by atoms with van der Waals surface area (Å²) in [5.41, 5.74) is 5.45. The Balaban J connectivity index is 2.65. The third-order valence-corrected chi connectivity index (χ3v) is 2.89. The topological polar surface area (TPSA) is 46.3 Å². The quantitative estimate of drug-likeness (QED) is 0.785. The van der Waals surface area contributed by atoms with Crippen molar-refractivity contribution in [2.24, 2.45) is 11.7 Å². The van der Waals surface area contributed by atoms with Crippen molar-refractivity contribution in [3.8, 4) is 0 Å². The lowest BCUT2D eigenvalue weighted by Gasteiger charge is -2.27. The van der Waals surface area contributed by atoms with Crippen LogP contribution >= 0.6 is 0 Å². The number of hydrogen-bond donors (Lipinski definition) is 1. The van der Waals surface area contributed by atoms with Crippen molar-refractivity contribution in [1.82, 2.24) is 4.90 Å². The Hall–Kier alpha value is -0.780. The van der Waals surface area contributed by atoms with Crippen LogP contribution < -0.4 is 5.73 Å². The molecule has 1 amide bonds. The van der Waals surface area contributed by atoms with Crippen LogP contribution in [0.15, 0.2) is 0 Å². The summed E-state index contributed by atoms with van der Waals surface area (Å²) in [6.45, 7) is 0.867. The van der Waals surface area contributed by atoms with Crippen LogP contribution in [0, 0.1) is 5.92 Å². The van der Waals surface area contributed by atoms with Gasteiger partial charge in [-0.2, -0.15) is 13.2 Å². The van der Waals surface area contributed by atoms with Gasteiger partial charge in [0.05, 0.1) is 5.92 Å². The second-order valence-corrected chi connectivity index (χ2v) is 4.53.